The highest BCUT2D eigenvalue weighted by Crippen LogP contribution is 2.26. The van der Waals surface area contributed by atoms with Gasteiger partial charge < -0.3 is 14.5 Å². The second-order valence-corrected chi connectivity index (χ2v) is 8.61. The molecule has 2 aliphatic heterocycles. The number of nitrogens with zero attached hydrogens (tertiary/aromatic N) is 4. The van der Waals surface area contributed by atoms with Crippen molar-refractivity contribution in [1.82, 2.24) is 14.7 Å². The zero-order chi connectivity index (χ0) is 22.3. The lowest BCUT2D eigenvalue weighted by atomic mass is 9.93. The zero-order valence-electron chi connectivity index (χ0n) is 18.8. The summed E-state index contributed by atoms with van der Waals surface area (Å²) in [6.07, 6.45) is 7.46. The molecule has 1 aromatic heterocycles. The summed E-state index contributed by atoms with van der Waals surface area (Å²) in [6.45, 7) is 4.04. The predicted molar refractivity (Wildman–Crippen MR) is 126 cm³/mol. The van der Waals surface area contributed by atoms with Crippen LogP contribution in [0, 0.1) is 5.92 Å². The van der Waals surface area contributed by atoms with Crippen molar-refractivity contribution in [3.8, 4) is 0 Å². The minimum Gasteiger partial charge on any atom is -0.383 e. The molecule has 1 atom stereocenters. The van der Waals surface area contributed by atoms with E-state index in [4.69, 9.17) is 4.74 Å². The van der Waals surface area contributed by atoms with Crippen LogP contribution in [0.5, 0.6) is 0 Å². The van der Waals surface area contributed by atoms with E-state index in [0.717, 1.165) is 44.6 Å². The van der Waals surface area contributed by atoms with Gasteiger partial charge >= 0.3 is 0 Å². The molecule has 2 aliphatic rings. The molecule has 3 heterocycles. The summed E-state index contributed by atoms with van der Waals surface area (Å²) < 4.78 is 6.45. The number of anilines is 1. The van der Waals surface area contributed by atoms with Gasteiger partial charge in [0, 0.05) is 45.8 Å². The van der Waals surface area contributed by atoms with Crippen LogP contribution in [-0.4, -0.2) is 60.5 Å². The quantitative estimate of drug-likeness (QED) is 0.668. The third-order valence-corrected chi connectivity index (χ3v) is 6.42. The van der Waals surface area contributed by atoms with E-state index >= 15 is 0 Å². The van der Waals surface area contributed by atoms with E-state index in [9.17, 15) is 9.59 Å². The van der Waals surface area contributed by atoms with Crippen molar-refractivity contribution in [3.63, 3.8) is 0 Å². The number of amides is 1. The normalized spacial score (nSPS) is 19.0. The minimum atomic E-state index is -0.118. The lowest BCUT2D eigenvalue weighted by Crippen LogP contribution is -2.41. The Labute approximate surface area is 189 Å². The first-order chi connectivity index (χ1) is 15.6. The van der Waals surface area contributed by atoms with Gasteiger partial charge in [-0.05, 0) is 36.3 Å². The SMILES string of the molecule is COCCn1ncc(N2CCCC(CC(=O)N3CC=C(c4ccccc4)CC3)C2)cc1=O. The molecule has 0 spiro atoms. The maximum Gasteiger partial charge on any atom is 0.268 e. The van der Waals surface area contributed by atoms with Crippen molar-refractivity contribution in [2.24, 2.45) is 5.92 Å². The summed E-state index contributed by atoms with van der Waals surface area (Å²) >= 11 is 0. The molecular weight excluding hydrogens is 404 g/mol. The van der Waals surface area contributed by atoms with Crippen LogP contribution in [0.2, 0.25) is 0 Å². The lowest BCUT2D eigenvalue weighted by Gasteiger charge is -2.35. The third-order valence-electron chi connectivity index (χ3n) is 6.42. The van der Waals surface area contributed by atoms with Crippen molar-refractivity contribution >= 4 is 17.2 Å². The first-order valence-electron chi connectivity index (χ1n) is 11.5. The van der Waals surface area contributed by atoms with E-state index in [2.05, 4.69) is 40.3 Å². The Hall–Kier alpha value is -2.93. The fraction of sp³-hybridized carbons (Fsp3) is 0.480. The molecule has 1 fully saturated rings. The lowest BCUT2D eigenvalue weighted by molar-refractivity contribution is -0.131. The third kappa shape index (κ3) is 5.46. The first kappa shape index (κ1) is 22.3. The second kappa shape index (κ2) is 10.6. The Morgan fingerprint density at radius 2 is 2.06 bits per heavy atom. The van der Waals surface area contributed by atoms with Gasteiger partial charge in [0.15, 0.2) is 0 Å². The number of benzene rings is 1. The van der Waals surface area contributed by atoms with Crippen molar-refractivity contribution < 1.29 is 9.53 Å². The molecule has 0 N–H and O–H groups in total. The molecule has 7 heteroatoms. The number of piperidine rings is 1. The maximum atomic E-state index is 13.0. The number of rotatable bonds is 7. The second-order valence-electron chi connectivity index (χ2n) is 8.61. The molecule has 1 amide bonds. The van der Waals surface area contributed by atoms with Gasteiger partial charge in [-0.15, -0.1) is 0 Å². The van der Waals surface area contributed by atoms with Gasteiger partial charge in [0.2, 0.25) is 5.91 Å². The summed E-state index contributed by atoms with van der Waals surface area (Å²) in [5.74, 6) is 0.528. The molecule has 170 valence electrons. The Kier molecular flexibility index (Phi) is 7.37. The van der Waals surface area contributed by atoms with E-state index in [1.54, 1.807) is 19.4 Å². The fourth-order valence-electron chi connectivity index (χ4n) is 4.59. The molecule has 0 radical (unpaired) electrons. The average molecular weight is 437 g/mol. The average Bonchev–Trinajstić information content (AvgIpc) is 2.84. The zero-order valence-corrected chi connectivity index (χ0v) is 18.8. The molecule has 0 aliphatic carbocycles. The van der Waals surface area contributed by atoms with Crippen molar-refractivity contribution in [1.29, 1.82) is 0 Å². The van der Waals surface area contributed by atoms with Gasteiger partial charge in [0.1, 0.15) is 0 Å². The van der Waals surface area contributed by atoms with E-state index in [0.29, 0.717) is 32.0 Å². The molecular formula is C25H32N4O3. The summed E-state index contributed by atoms with van der Waals surface area (Å²) in [5.41, 5.74) is 3.30. The van der Waals surface area contributed by atoms with Crippen LogP contribution in [0.25, 0.3) is 5.57 Å². The van der Waals surface area contributed by atoms with Gasteiger partial charge in [0.05, 0.1) is 25.0 Å². The number of carbonyl (C=O) groups is 1. The molecule has 32 heavy (non-hydrogen) atoms. The van der Waals surface area contributed by atoms with Crippen molar-refractivity contribution in [2.45, 2.75) is 32.2 Å². The van der Waals surface area contributed by atoms with E-state index in [1.165, 1.54) is 15.8 Å². The Morgan fingerprint density at radius 3 is 2.78 bits per heavy atom. The van der Waals surface area contributed by atoms with Crippen LogP contribution in [0.4, 0.5) is 5.69 Å². The predicted octanol–water partition coefficient (Wildman–Crippen LogP) is 2.81. The Morgan fingerprint density at radius 1 is 1.22 bits per heavy atom. The molecule has 1 saturated heterocycles. The van der Waals surface area contributed by atoms with Gasteiger partial charge in [-0.2, -0.15) is 5.10 Å². The molecule has 1 unspecified atom stereocenters. The Balaban J connectivity index is 1.32. The van der Waals surface area contributed by atoms with E-state index < -0.39 is 0 Å². The summed E-state index contributed by atoms with van der Waals surface area (Å²) in [6, 6.07) is 12.0. The van der Waals surface area contributed by atoms with Crippen LogP contribution in [0.1, 0.15) is 31.2 Å². The number of ether oxygens (including phenoxy) is 1. The smallest absolute Gasteiger partial charge is 0.268 e. The van der Waals surface area contributed by atoms with Crippen molar-refractivity contribution in [3.05, 3.63) is 64.6 Å². The standard InChI is InChI=1S/C25H32N4O3/c1-32-15-14-29-25(31)17-23(18-26-29)28-11-5-6-20(19-28)16-24(30)27-12-9-22(10-13-27)21-7-3-2-4-8-21/h2-4,7-9,17-18,20H,5-6,10-16,19H2,1H3. The summed E-state index contributed by atoms with van der Waals surface area (Å²) in [4.78, 5) is 29.5. The maximum absolute atomic E-state index is 13.0. The topological polar surface area (TPSA) is 67.7 Å². The van der Waals surface area contributed by atoms with Gasteiger partial charge in [-0.25, -0.2) is 4.68 Å². The number of methoxy groups -OCH3 is 1. The number of hydrogen-bond acceptors (Lipinski definition) is 5. The molecule has 2 aromatic rings. The summed E-state index contributed by atoms with van der Waals surface area (Å²) in [7, 11) is 1.61. The molecule has 0 saturated carbocycles. The monoisotopic (exact) mass is 436 g/mol. The van der Waals surface area contributed by atoms with Crippen LogP contribution < -0.4 is 10.5 Å². The van der Waals surface area contributed by atoms with E-state index in [1.807, 2.05) is 11.0 Å². The van der Waals surface area contributed by atoms with Crippen LogP contribution >= 0.6 is 0 Å². The van der Waals surface area contributed by atoms with Crippen LogP contribution in [0.3, 0.4) is 0 Å². The number of aromatic nitrogens is 2. The Bertz CT molecular complexity index is 1000. The summed E-state index contributed by atoms with van der Waals surface area (Å²) in [5, 5.41) is 4.28. The van der Waals surface area contributed by atoms with Gasteiger partial charge in [-0.1, -0.05) is 36.4 Å². The largest absolute Gasteiger partial charge is 0.383 e. The van der Waals surface area contributed by atoms with E-state index in [-0.39, 0.29) is 11.5 Å². The van der Waals surface area contributed by atoms with Gasteiger partial charge in [0.25, 0.3) is 5.56 Å². The van der Waals surface area contributed by atoms with Crippen LogP contribution in [-0.2, 0) is 16.1 Å². The van der Waals surface area contributed by atoms with Gasteiger partial charge in [-0.3, -0.25) is 9.59 Å². The molecule has 7 nitrogen and oxygen atoms in total. The van der Waals surface area contributed by atoms with Crippen LogP contribution in [0.15, 0.2) is 53.5 Å². The molecule has 4 rings (SSSR count). The first-order valence-corrected chi connectivity index (χ1v) is 11.5. The van der Waals surface area contributed by atoms with Crippen molar-refractivity contribution in [2.75, 3.05) is 44.8 Å². The number of hydrogen-bond donors (Lipinski definition) is 0. The highest BCUT2D eigenvalue weighted by Gasteiger charge is 2.26. The molecule has 1 aromatic carbocycles. The molecule has 0 bridgehead atoms. The highest BCUT2D eigenvalue weighted by molar-refractivity contribution is 5.78. The number of carbonyl (C=O) groups excluding carboxylic acids is 1. The minimum absolute atomic E-state index is 0.118. The fourth-order valence-corrected chi connectivity index (χ4v) is 4.59. The highest BCUT2D eigenvalue weighted by atomic mass is 16.5.